The first kappa shape index (κ1) is 9.45. The van der Waals surface area contributed by atoms with Crippen molar-refractivity contribution in [3.8, 4) is 0 Å². The third-order valence-electron chi connectivity index (χ3n) is 1.84. The second kappa shape index (κ2) is 3.85. The molecule has 3 nitrogen and oxygen atoms in total. The fourth-order valence-electron chi connectivity index (χ4n) is 1.25. The van der Waals surface area contributed by atoms with Crippen LogP contribution in [-0.4, -0.2) is 11.8 Å². The van der Waals surface area contributed by atoms with Gasteiger partial charge in [-0.15, -0.1) is 13.2 Å². The van der Waals surface area contributed by atoms with E-state index in [1.54, 1.807) is 12.2 Å². The zero-order valence-corrected chi connectivity index (χ0v) is 7.30. The molecule has 1 aliphatic heterocycles. The summed E-state index contributed by atoms with van der Waals surface area (Å²) in [5.41, 5.74) is 1.03. The Morgan fingerprint density at radius 1 is 1.00 bits per heavy atom. The normalized spacial score (nSPS) is 16.0. The topological polar surface area (TPSA) is 46.2 Å². The van der Waals surface area contributed by atoms with Crippen LogP contribution in [0.25, 0.3) is 0 Å². The van der Waals surface area contributed by atoms with Gasteiger partial charge in [-0.1, -0.05) is 12.2 Å². The van der Waals surface area contributed by atoms with Crippen LogP contribution in [0.2, 0.25) is 0 Å². The summed E-state index contributed by atoms with van der Waals surface area (Å²) in [6.45, 7) is 7.05. The molecule has 68 valence electrons. The third-order valence-corrected chi connectivity index (χ3v) is 1.84. The molecule has 1 heterocycles. The first-order chi connectivity index (χ1) is 6.20. The monoisotopic (exact) mass is 177 g/mol. The second-order valence-electron chi connectivity index (χ2n) is 2.73. The van der Waals surface area contributed by atoms with Crippen LogP contribution in [0.4, 0.5) is 0 Å². The van der Waals surface area contributed by atoms with Gasteiger partial charge in [0.1, 0.15) is 0 Å². The Morgan fingerprint density at radius 3 is 1.69 bits per heavy atom. The van der Waals surface area contributed by atoms with Gasteiger partial charge in [-0.05, 0) is 12.8 Å². The number of hydrogen-bond donors (Lipinski definition) is 1. The Hall–Kier alpha value is -1.64. The summed E-state index contributed by atoms with van der Waals surface area (Å²) in [6, 6.07) is 0. The molecular weight excluding hydrogens is 166 g/mol. The van der Waals surface area contributed by atoms with E-state index in [9.17, 15) is 9.59 Å². The smallest absolute Gasteiger partial charge is 0.254 e. The predicted octanol–water partition coefficient (Wildman–Crippen LogP) is 1.09. The molecule has 0 atom stereocenters. The number of carbonyl (C=O) groups is 2. The molecule has 0 fully saturated rings. The van der Waals surface area contributed by atoms with E-state index < -0.39 is 0 Å². The first-order valence-electron chi connectivity index (χ1n) is 4.00. The van der Waals surface area contributed by atoms with Crippen molar-refractivity contribution in [2.75, 3.05) is 0 Å². The summed E-state index contributed by atoms with van der Waals surface area (Å²) in [4.78, 5) is 22.4. The lowest BCUT2D eigenvalue weighted by Gasteiger charge is -1.95. The maximum Gasteiger partial charge on any atom is 0.254 e. The minimum atomic E-state index is -0.304. The van der Waals surface area contributed by atoms with Crippen molar-refractivity contribution in [1.29, 1.82) is 0 Å². The van der Waals surface area contributed by atoms with Gasteiger partial charge in [0.05, 0.1) is 0 Å². The number of allylic oxidation sites excluding steroid dienone is 2. The number of rotatable bonds is 4. The van der Waals surface area contributed by atoms with Gasteiger partial charge in [0.2, 0.25) is 0 Å². The molecule has 1 N–H and O–H groups in total. The van der Waals surface area contributed by atoms with E-state index in [0.717, 1.165) is 0 Å². The molecule has 0 saturated heterocycles. The molecule has 1 rings (SSSR count). The van der Waals surface area contributed by atoms with Crippen molar-refractivity contribution < 1.29 is 9.59 Å². The van der Waals surface area contributed by atoms with Gasteiger partial charge in [0, 0.05) is 11.1 Å². The van der Waals surface area contributed by atoms with Crippen molar-refractivity contribution in [3.63, 3.8) is 0 Å². The van der Waals surface area contributed by atoms with Crippen LogP contribution in [0, 0.1) is 0 Å². The standard InChI is InChI=1S/C10H11NO2/c1-3-5-7-8(6-4-2)10(13)11-9(7)12/h3-4H,1-2,5-6H2,(H,11,12,13). The van der Waals surface area contributed by atoms with Gasteiger partial charge < -0.3 is 0 Å². The summed E-state index contributed by atoms with van der Waals surface area (Å²) in [5.74, 6) is -0.608. The van der Waals surface area contributed by atoms with E-state index in [1.807, 2.05) is 0 Å². The van der Waals surface area contributed by atoms with Crippen molar-refractivity contribution in [2.45, 2.75) is 12.8 Å². The van der Waals surface area contributed by atoms with Crippen LogP contribution in [0.3, 0.4) is 0 Å². The molecule has 0 aliphatic carbocycles. The lowest BCUT2D eigenvalue weighted by Crippen LogP contribution is -2.23. The molecule has 1 aliphatic rings. The van der Waals surface area contributed by atoms with Crippen LogP contribution < -0.4 is 5.32 Å². The molecule has 0 bridgehead atoms. The minimum Gasteiger partial charge on any atom is -0.289 e. The number of nitrogens with one attached hydrogen (secondary N) is 1. The Kier molecular flexibility index (Phi) is 2.80. The highest BCUT2D eigenvalue weighted by atomic mass is 16.2. The zero-order chi connectivity index (χ0) is 9.84. The average Bonchev–Trinajstić information content (AvgIpc) is 2.33. The van der Waals surface area contributed by atoms with E-state index in [4.69, 9.17) is 0 Å². The number of amides is 2. The minimum absolute atomic E-state index is 0.304. The predicted molar refractivity (Wildman–Crippen MR) is 49.8 cm³/mol. The lowest BCUT2D eigenvalue weighted by molar-refractivity contribution is -0.124. The Balaban J connectivity index is 3.00. The van der Waals surface area contributed by atoms with E-state index in [2.05, 4.69) is 18.5 Å². The van der Waals surface area contributed by atoms with Crippen molar-refractivity contribution in [2.24, 2.45) is 0 Å². The average molecular weight is 177 g/mol. The second-order valence-corrected chi connectivity index (χ2v) is 2.73. The van der Waals surface area contributed by atoms with Crippen molar-refractivity contribution in [1.82, 2.24) is 5.32 Å². The highest BCUT2D eigenvalue weighted by Gasteiger charge is 2.27. The zero-order valence-electron chi connectivity index (χ0n) is 7.30. The summed E-state index contributed by atoms with van der Waals surface area (Å²) in [6.07, 6.45) is 4.08. The number of imide groups is 1. The van der Waals surface area contributed by atoms with Gasteiger partial charge >= 0.3 is 0 Å². The van der Waals surface area contributed by atoms with E-state index in [-0.39, 0.29) is 11.8 Å². The van der Waals surface area contributed by atoms with E-state index in [1.165, 1.54) is 0 Å². The first-order valence-corrected chi connectivity index (χ1v) is 4.00. The van der Waals surface area contributed by atoms with Gasteiger partial charge in [0.25, 0.3) is 11.8 Å². The number of hydrogen-bond acceptors (Lipinski definition) is 2. The fraction of sp³-hybridized carbons (Fsp3) is 0.200. The molecule has 0 radical (unpaired) electrons. The van der Waals surface area contributed by atoms with Crippen LogP contribution in [0.5, 0.6) is 0 Å². The largest absolute Gasteiger partial charge is 0.289 e. The molecule has 0 aromatic carbocycles. The molecule has 0 aromatic heterocycles. The van der Waals surface area contributed by atoms with Gasteiger partial charge in [-0.25, -0.2) is 0 Å². The lowest BCUT2D eigenvalue weighted by atomic mass is 10.0. The van der Waals surface area contributed by atoms with Crippen molar-refractivity contribution in [3.05, 3.63) is 36.5 Å². The summed E-state index contributed by atoms with van der Waals surface area (Å²) in [5, 5.41) is 2.24. The fourth-order valence-corrected chi connectivity index (χ4v) is 1.25. The molecular formula is C10H11NO2. The summed E-state index contributed by atoms with van der Waals surface area (Å²) in [7, 11) is 0. The number of carbonyl (C=O) groups excluding carboxylic acids is 2. The van der Waals surface area contributed by atoms with Crippen LogP contribution in [0.1, 0.15) is 12.8 Å². The molecule has 0 aromatic rings. The van der Waals surface area contributed by atoms with Crippen LogP contribution >= 0.6 is 0 Å². The van der Waals surface area contributed by atoms with Gasteiger partial charge in [0.15, 0.2) is 0 Å². The summed E-state index contributed by atoms with van der Waals surface area (Å²) < 4.78 is 0. The Bertz CT molecular complexity index is 283. The highest BCUT2D eigenvalue weighted by Crippen LogP contribution is 2.19. The highest BCUT2D eigenvalue weighted by molar-refractivity contribution is 6.19. The molecule has 0 spiro atoms. The molecule has 0 unspecified atom stereocenters. The third kappa shape index (κ3) is 1.75. The molecule has 2 amide bonds. The van der Waals surface area contributed by atoms with Crippen molar-refractivity contribution >= 4 is 11.8 Å². The van der Waals surface area contributed by atoms with Gasteiger partial charge in [-0.3, -0.25) is 14.9 Å². The SMILES string of the molecule is C=CCC1=C(CC=C)C(=O)NC1=O. The van der Waals surface area contributed by atoms with Crippen LogP contribution in [-0.2, 0) is 9.59 Å². The maximum absolute atomic E-state index is 11.2. The van der Waals surface area contributed by atoms with Gasteiger partial charge in [-0.2, -0.15) is 0 Å². The molecule has 0 saturated carbocycles. The molecule has 13 heavy (non-hydrogen) atoms. The van der Waals surface area contributed by atoms with E-state index >= 15 is 0 Å². The summed E-state index contributed by atoms with van der Waals surface area (Å²) >= 11 is 0. The maximum atomic E-state index is 11.2. The van der Waals surface area contributed by atoms with Crippen LogP contribution in [0.15, 0.2) is 36.5 Å². The molecule has 3 heteroatoms. The Morgan fingerprint density at radius 2 is 1.38 bits per heavy atom. The Labute approximate surface area is 76.8 Å². The van der Waals surface area contributed by atoms with E-state index in [0.29, 0.717) is 24.0 Å². The quantitative estimate of drug-likeness (QED) is 0.516.